The first-order valence-electron chi connectivity index (χ1n) is 8.01. The smallest absolute Gasteiger partial charge is 0.278 e. The first kappa shape index (κ1) is 18.8. The van der Waals surface area contributed by atoms with E-state index in [1.165, 1.54) is 27.8 Å². The van der Waals surface area contributed by atoms with E-state index in [0.717, 1.165) is 0 Å². The molecule has 1 amide bonds. The summed E-state index contributed by atoms with van der Waals surface area (Å²) < 4.78 is 15.3. The van der Waals surface area contributed by atoms with Crippen LogP contribution in [-0.2, 0) is 0 Å². The Kier molecular flexibility index (Phi) is 5.37. The quantitative estimate of drug-likeness (QED) is 0.896. The molecule has 2 aromatic rings. The number of benzene rings is 1. The van der Waals surface area contributed by atoms with Crippen molar-refractivity contribution in [2.45, 2.75) is 33.3 Å². The molecule has 0 saturated carbocycles. The number of para-hydroxylation sites is 1. The Labute approximate surface area is 145 Å². The summed E-state index contributed by atoms with van der Waals surface area (Å²) in [7, 11) is 0. The first-order valence-corrected chi connectivity index (χ1v) is 8.01. The predicted octanol–water partition coefficient (Wildman–Crippen LogP) is 1.91. The molecule has 0 aliphatic heterocycles. The van der Waals surface area contributed by atoms with Crippen LogP contribution in [0.3, 0.4) is 0 Å². The number of halogens is 1. The van der Waals surface area contributed by atoms with Crippen LogP contribution in [0.15, 0.2) is 35.1 Å². The Hall–Kier alpha value is -2.54. The number of hydrogen-bond donors (Lipinski definition) is 1. The predicted molar refractivity (Wildman–Crippen MR) is 92.4 cm³/mol. The fraction of sp³-hybridized carbons (Fsp3) is 0.389. The third-order valence-corrected chi connectivity index (χ3v) is 3.64. The molecule has 0 bridgehead atoms. The molecule has 0 saturated heterocycles. The van der Waals surface area contributed by atoms with Gasteiger partial charge in [-0.2, -0.15) is 5.10 Å². The second kappa shape index (κ2) is 7.14. The van der Waals surface area contributed by atoms with E-state index in [1.54, 1.807) is 39.8 Å². The zero-order valence-electron chi connectivity index (χ0n) is 14.8. The van der Waals surface area contributed by atoms with Crippen molar-refractivity contribution in [2.75, 3.05) is 13.1 Å². The van der Waals surface area contributed by atoms with Crippen molar-refractivity contribution in [3.63, 3.8) is 0 Å². The molecule has 0 aliphatic rings. The van der Waals surface area contributed by atoms with E-state index in [0.29, 0.717) is 12.2 Å². The molecule has 0 spiro atoms. The van der Waals surface area contributed by atoms with Crippen molar-refractivity contribution in [3.8, 4) is 5.69 Å². The lowest BCUT2D eigenvalue weighted by atomic mass is 10.1. The Bertz CT molecular complexity index is 840. The fourth-order valence-corrected chi connectivity index (χ4v) is 2.51. The number of nitrogens with zero attached hydrogens (tertiary/aromatic N) is 3. The van der Waals surface area contributed by atoms with E-state index in [9.17, 15) is 19.1 Å². The number of carbonyl (C=O) groups is 1. The molecule has 0 radical (unpaired) electrons. The Morgan fingerprint density at radius 3 is 2.56 bits per heavy atom. The standard InChI is InChI=1S/C18H22FN3O3/c1-5-21(11-18(3,4)25)17(24)16-15(23)10-12(2)22(20-16)14-9-7-6-8-13(14)19/h6-10,25H,5,11H2,1-4H3. The van der Waals surface area contributed by atoms with E-state index in [4.69, 9.17) is 0 Å². The minimum Gasteiger partial charge on any atom is -0.389 e. The number of likely N-dealkylation sites (N-methyl/N-ethyl adjacent to an activating group) is 1. The Morgan fingerprint density at radius 2 is 2.00 bits per heavy atom. The van der Waals surface area contributed by atoms with Gasteiger partial charge in [-0.3, -0.25) is 9.59 Å². The molecule has 0 atom stereocenters. The lowest BCUT2D eigenvalue weighted by Gasteiger charge is -2.27. The lowest BCUT2D eigenvalue weighted by Crippen LogP contribution is -2.44. The van der Waals surface area contributed by atoms with Gasteiger partial charge in [-0.15, -0.1) is 0 Å². The average molecular weight is 347 g/mol. The normalized spacial score (nSPS) is 11.4. The zero-order chi connectivity index (χ0) is 18.8. The van der Waals surface area contributed by atoms with Gasteiger partial charge >= 0.3 is 0 Å². The van der Waals surface area contributed by atoms with Crippen molar-refractivity contribution < 1.29 is 14.3 Å². The number of aryl methyl sites for hydroxylation is 1. The molecule has 1 heterocycles. The molecule has 2 rings (SSSR count). The number of amides is 1. The van der Waals surface area contributed by atoms with Gasteiger partial charge in [0.2, 0.25) is 5.43 Å². The van der Waals surface area contributed by atoms with Crippen LogP contribution in [0.25, 0.3) is 5.69 Å². The molecule has 0 fully saturated rings. The van der Waals surface area contributed by atoms with Crippen molar-refractivity contribution in [2.24, 2.45) is 0 Å². The molecule has 0 aliphatic carbocycles. The third kappa shape index (κ3) is 4.30. The highest BCUT2D eigenvalue weighted by molar-refractivity contribution is 5.92. The van der Waals surface area contributed by atoms with Gasteiger partial charge in [0.1, 0.15) is 11.5 Å². The summed E-state index contributed by atoms with van der Waals surface area (Å²) >= 11 is 0. The maximum absolute atomic E-state index is 14.1. The number of aromatic nitrogens is 2. The summed E-state index contributed by atoms with van der Waals surface area (Å²) in [6, 6.07) is 7.24. The van der Waals surface area contributed by atoms with Crippen LogP contribution in [0, 0.1) is 12.7 Å². The first-order chi connectivity index (χ1) is 11.6. The van der Waals surface area contributed by atoms with Crippen LogP contribution in [0.2, 0.25) is 0 Å². The summed E-state index contributed by atoms with van der Waals surface area (Å²) in [6.07, 6.45) is 0. The molecular formula is C18H22FN3O3. The summed E-state index contributed by atoms with van der Waals surface area (Å²) in [6.45, 7) is 6.86. The highest BCUT2D eigenvalue weighted by Gasteiger charge is 2.25. The van der Waals surface area contributed by atoms with Gasteiger partial charge in [-0.25, -0.2) is 9.07 Å². The molecule has 25 heavy (non-hydrogen) atoms. The van der Waals surface area contributed by atoms with Gasteiger partial charge in [-0.1, -0.05) is 12.1 Å². The van der Waals surface area contributed by atoms with Crippen LogP contribution in [0.1, 0.15) is 37.0 Å². The molecule has 1 aromatic heterocycles. The highest BCUT2D eigenvalue weighted by Crippen LogP contribution is 2.14. The molecule has 6 nitrogen and oxygen atoms in total. The summed E-state index contributed by atoms with van der Waals surface area (Å²) in [4.78, 5) is 26.3. The van der Waals surface area contributed by atoms with Gasteiger partial charge in [0, 0.05) is 24.8 Å². The molecule has 134 valence electrons. The fourth-order valence-electron chi connectivity index (χ4n) is 2.51. The van der Waals surface area contributed by atoms with Crippen LogP contribution in [0.5, 0.6) is 0 Å². The van der Waals surface area contributed by atoms with Gasteiger partial charge < -0.3 is 10.0 Å². The van der Waals surface area contributed by atoms with Gasteiger partial charge in [0.25, 0.3) is 5.91 Å². The van der Waals surface area contributed by atoms with Gasteiger partial charge in [0.05, 0.1) is 5.60 Å². The number of carbonyl (C=O) groups excluding carboxylic acids is 1. The molecular weight excluding hydrogens is 325 g/mol. The SMILES string of the molecule is CCN(CC(C)(C)O)C(=O)c1nn(-c2ccccc2F)c(C)cc1=O. The second-order valence-corrected chi connectivity index (χ2v) is 6.49. The van der Waals surface area contributed by atoms with Gasteiger partial charge in [-0.05, 0) is 39.8 Å². The molecule has 0 unspecified atom stereocenters. The van der Waals surface area contributed by atoms with E-state index in [1.807, 2.05) is 0 Å². The van der Waals surface area contributed by atoms with E-state index in [2.05, 4.69) is 5.10 Å². The maximum atomic E-state index is 14.1. The minimum atomic E-state index is -1.11. The maximum Gasteiger partial charge on any atom is 0.278 e. The topological polar surface area (TPSA) is 75.4 Å². The summed E-state index contributed by atoms with van der Waals surface area (Å²) in [5.41, 5.74) is -1.39. The third-order valence-electron chi connectivity index (χ3n) is 3.64. The lowest BCUT2D eigenvalue weighted by molar-refractivity contribution is 0.0309. The number of hydrogen-bond acceptors (Lipinski definition) is 4. The molecule has 1 aromatic carbocycles. The summed E-state index contributed by atoms with van der Waals surface area (Å²) in [5, 5.41) is 14.0. The monoisotopic (exact) mass is 347 g/mol. The van der Waals surface area contributed by atoms with Crippen molar-refractivity contribution in [1.29, 1.82) is 0 Å². The number of rotatable bonds is 5. The van der Waals surface area contributed by atoms with Gasteiger partial charge in [0.15, 0.2) is 5.69 Å². The van der Waals surface area contributed by atoms with Crippen LogP contribution < -0.4 is 5.43 Å². The van der Waals surface area contributed by atoms with E-state index >= 15 is 0 Å². The Morgan fingerprint density at radius 1 is 1.36 bits per heavy atom. The van der Waals surface area contributed by atoms with E-state index < -0.39 is 22.8 Å². The Balaban J connectivity index is 2.52. The van der Waals surface area contributed by atoms with Crippen molar-refractivity contribution >= 4 is 5.91 Å². The second-order valence-electron chi connectivity index (χ2n) is 6.49. The minimum absolute atomic E-state index is 0.0526. The van der Waals surface area contributed by atoms with Crippen LogP contribution >= 0.6 is 0 Å². The van der Waals surface area contributed by atoms with Crippen molar-refractivity contribution in [3.05, 3.63) is 57.8 Å². The molecule has 7 heteroatoms. The van der Waals surface area contributed by atoms with Crippen LogP contribution in [0.4, 0.5) is 4.39 Å². The highest BCUT2D eigenvalue weighted by atomic mass is 19.1. The van der Waals surface area contributed by atoms with Crippen LogP contribution in [-0.4, -0.2) is 44.4 Å². The summed E-state index contributed by atoms with van der Waals surface area (Å²) in [5.74, 6) is -1.11. The number of aliphatic hydroxyl groups is 1. The van der Waals surface area contributed by atoms with Crippen molar-refractivity contribution in [1.82, 2.24) is 14.7 Å². The zero-order valence-corrected chi connectivity index (χ0v) is 14.8. The average Bonchev–Trinajstić information content (AvgIpc) is 2.52. The van der Waals surface area contributed by atoms with E-state index in [-0.39, 0.29) is 17.9 Å². The molecule has 1 N–H and O–H groups in total. The largest absolute Gasteiger partial charge is 0.389 e.